The lowest BCUT2D eigenvalue weighted by molar-refractivity contribution is -0.00193. The van der Waals surface area contributed by atoms with Crippen molar-refractivity contribution in [2.24, 2.45) is 5.92 Å². The molecule has 0 fully saturated rings. The molecule has 0 unspecified atom stereocenters. The van der Waals surface area contributed by atoms with E-state index in [-0.39, 0.29) is 0 Å². The van der Waals surface area contributed by atoms with E-state index >= 15 is 0 Å². The van der Waals surface area contributed by atoms with Crippen molar-refractivity contribution in [2.45, 2.75) is 13.8 Å². The highest BCUT2D eigenvalue weighted by Gasteiger charge is 1.86. The van der Waals surface area contributed by atoms with Crippen molar-refractivity contribution in [3.05, 3.63) is 5.53 Å². The molecule has 0 heterocycles. The van der Waals surface area contributed by atoms with Crippen LogP contribution in [0.5, 0.6) is 0 Å². The van der Waals surface area contributed by atoms with Gasteiger partial charge in [0.05, 0.1) is 0 Å². The first kappa shape index (κ1) is 5.38. The van der Waals surface area contributed by atoms with Gasteiger partial charge in [0.2, 0.25) is 0 Å². The van der Waals surface area contributed by atoms with E-state index in [4.69, 9.17) is 5.53 Å². The fraction of sp³-hybridized carbons (Fsp3) is 0.750. The van der Waals surface area contributed by atoms with E-state index in [1.807, 2.05) is 13.8 Å². The van der Waals surface area contributed by atoms with Crippen LogP contribution >= 0.6 is 0 Å². The Hall–Kier alpha value is -0.620. The second-order valence-corrected chi connectivity index (χ2v) is 1.51. The number of nitrogens with zero attached hydrogens (tertiary/aromatic N) is 2. The van der Waals surface area contributed by atoms with Gasteiger partial charge < -0.3 is 5.53 Å². The van der Waals surface area contributed by atoms with Crippen LogP contribution in [-0.2, 0) is 0 Å². The van der Waals surface area contributed by atoms with Gasteiger partial charge >= 0.3 is 0 Å². The second-order valence-electron chi connectivity index (χ2n) is 1.51. The highest BCUT2D eigenvalue weighted by molar-refractivity contribution is 5.52. The van der Waals surface area contributed by atoms with Gasteiger partial charge in [0.15, 0.2) is 0 Å². The van der Waals surface area contributed by atoms with Crippen molar-refractivity contribution in [1.29, 1.82) is 0 Å². The summed E-state index contributed by atoms with van der Waals surface area (Å²) < 4.78 is 0. The number of hydrogen-bond donors (Lipinski definition) is 0. The minimum atomic E-state index is 0.356. The Labute approximate surface area is 37.4 Å². The van der Waals surface area contributed by atoms with Crippen LogP contribution in [0.4, 0.5) is 0 Å². The highest BCUT2D eigenvalue weighted by Crippen LogP contribution is 1.78. The first-order valence-corrected chi connectivity index (χ1v) is 1.95. The van der Waals surface area contributed by atoms with Crippen molar-refractivity contribution >= 4 is 6.21 Å². The largest absolute Gasteiger partial charge is 0.362 e. The SMILES string of the molecule is CC(C)C=[N+]=[N-]. The molecule has 0 saturated carbocycles. The summed E-state index contributed by atoms with van der Waals surface area (Å²) >= 11 is 0. The zero-order valence-corrected chi connectivity index (χ0v) is 4.05. The van der Waals surface area contributed by atoms with Gasteiger partial charge in [0.1, 0.15) is 0 Å². The molecule has 0 bridgehead atoms. The molecule has 0 aromatic carbocycles. The molecule has 0 rings (SSSR count). The van der Waals surface area contributed by atoms with Gasteiger partial charge in [0, 0.05) is 5.92 Å². The summed E-state index contributed by atoms with van der Waals surface area (Å²) in [5.74, 6) is 0.356. The van der Waals surface area contributed by atoms with Gasteiger partial charge in [-0.15, -0.1) is 0 Å². The number of hydrogen-bond acceptors (Lipinski definition) is 0. The van der Waals surface area contributed by atoms with Crippen LogP contribution in [0, 0.1) is 5.92 Å². The Morgan fingerprint density at radius 3 is 2.17 bits per heavy atom. The molecule has 6 heavy (non-hydrogen) atoms. The average Bonchev–Trinajstić information content (AvgIpc) is 1.35. The zero-order valence-electron chi connectivity index (χ0n) is 4.05. The lowest BCUT2D eigenvalue weighted by Crippen LogP contribution is -1.85. The predicted molar refractivity (Wildman–Crippen MR) is 24.5 cm³/mol. The molecule has 34 valence electrons. The standard InChI is InChI=1S/C4H8N2/c1-4(2)3-6-5/h3-4H,1-2H3. The molecular weight excluding hydrogens is 76.1 g/mol. The predicted octanol–water partition coefficient (Wildman–Crippen LogP) is 0.943. The quantitative estimate of drug-likeness (QED) is 0.257. The molecule has 2 heteroatoms. The van der Waals surface area contributed by atoms with Crippen molar-refractivity contribution < 1.29 is 4.79 Å². The second kappa shape index (κ2) is 2.61. The van der Waals surface area contributed by atoms with Crippen molar-refractivity contribution in [1.82, 2.24) is 0 Å². The molecular formula is C4H8N2. The van der Waals surface area contributed by atoms with E-state index in [1.165, 1.54) is 6.21 Å². The van der Waals surface area contributed by atoms with E-state index in [9.17, 15) is 0 Å². The average molecular weight is 84.1 g/mol. The normalized spacial score (nSPS) is 7.83. The third-order valence-electron chi connectivity index (χ3n) is 0.365. The maximum absolute atomic E-state index is 7.81. The summed E-state index contributed by atoms with van der Waals surface area (Å²) in [6, 6.07) is 0. The van der Waals surface area contributed by atoms with Crippen molar-refractivity contribution in [3.63, 3.8) is 0 Å². The van der Waals surface area contributed by atoms with E-state index in [2.05, 4.69) is 4.79 Å². The highest BCUT2D eigenvalue weighted by atomic mass is 14.8. The first-order valence-electron chi connectivity index (χ1n) is 1.95. The van der Waals surface area contributed by atoms with Crippen LogP contribution in [0.15, 0.2) is 0 Å². The van der Waals surface area contributed by atoms with Crippen LogP contribution in [0.2, 0.25) is 0 Å². The van der Waals surface area contributed by atoms with Gasteiger partial charge in [-0.2, -0.15) is 4.79 Å². The van der Waals surface area contributed by atoms with Crippen LogP contribution in [0.25, 0.3) is 5.53 Å². The van der Waals surface area contributed by atoms with E-state index in [0.29, 0.717) is 5.92 Å². The zero-order chi connectivity index (χ0) is 4.99. The van der Waals surface area contributed by atoms with E-state index in [0.717, 1.165) is 0 Å². The third kappa shape index (κ3) is 3.38. The van der Waals surface area contributed by atoms with Gasteiger partial charge in [-0.3, -0.25) is 0 Å². The Morgan fingerprint density at radius 1 is 1.67 bits per heavy atom. The summed E-state index contributed by atoms with van der Waals surface area (Å²) in [5, 5.41) is 0. The molecule has 0 saturated heterocycles. The molecule has 2 nitrogen and oxygen atoms in total. The molecule has 0 spiro atoms. The van der Waals surface area contributed by atoms with Gasteiger partial charge in [-0.25, -0.2) is 0 Å². The summed E-state index contributed by atoms with van der Waals surface area (Å²) in [4.78, 5) is 2.81. The number of rotatable bonds is 1. The Morgan fingerprint density at radius 2 is 2.17 bits per heavy atom. The summed E-state index contributed by atoms with van der Waals surface area (Å²) in [6.45, 7) is 3.89. The van der Waals surface area contributed by atoms with Crippen LogP contribution in [0.3, 0.4) is 0 Å². The summed E-state index contributed by atoms with van der Waals surface area (Å²) in [5.41, 5.74) is 7.81. The molecule has 0 N–H and O–H groups in total. The smallest absolute Gasteiger partial charge is 0.259 e. The first-order chi connectivity index (χ1) is 2.77. The topological polar surface area (TPSA) is 36.4 Å². The maximum atomic E-state index is 7.81. The molecule has 0 amide bonds. The van der Waals surface area contributed by atoms with Gasteiger partial charge in [0.25, 0.3) is 6.21 Å². The van der Waals surface area contributed by atoms with Crippen molar-refractivity contribution in [3.8, 4) is 0 Å². The van der Waals surface area contributed by atoms with E-state index < -0.39 is 0 Å². The molecule has 0 aliphatic rings. The van der Waals surface area contributed by atoms with Crippen LogP contribution in [-0.4, -0.2) is 11.0 Å². The fourth-order valence-electron chi connectivity index (χ4n) is 0.133. The lowest BCUT2D eigenvalue weighted by atomic mass is 10.3. The van der Waals surface area contributed by atoms with Crippen LogP contribution in [0.1, 0.15) is 13.8 Å². The molecule has 0 aliphatic heterocycles. The summed E-state index contributed by atoms with van der Waals surface area (Å²) in [6.07, 6.45) is 1.47. The molecule has 0 aromatic heterocycles. The summed E-state index contributed by atoms with van der Waals surface area (Å²) in [7, 11) is 0. The van der Waals surface area contributed by atoms with Gasteiger partial charge in [-0.1, -0.05) is 13.8 Å². The van der Waals surface area contributed by atoms with E-state index in [1.54, 1.807) is 0 Å². The minimum absolute atomic E-state index is 0.356. The molecule has 0 aliphatic carbocycles. The maximum Gasteiger partial charge on any atom is 0.259 e. The Balaban J connectivity index is 3.29. The third-order valence-corrected chi connectivity index (χ3v) is 0.365. The Kier molecular flexibility index (Phi) is 2.34. The molecule has 0 atom stereocenters. The lowest BCUT2D eigenvalue weighted by Gasteiger charge is -1.75. The van der Waals surface area contributed by atoms with Crippen molar-refractivity contribution in [2.75, 3.05) is 0 Å². The monoisotopic (exact) mass is 84.1 g/mol. The van der Waals surface area contributed by atoms with Crippen LogP contribution < -0.4 is 0 Å². The molecule has 0 radical (unpaired) electrons. The van der Waals surface area contributed by atoms with Gasteiger partial charge in [-0.05, 0) is 0 Å². The molecule has 0 aromatic rings. The fourth-order valence-corrected chi connectivity index (χ4v) is 0.133. The Bertz CT molecular complexity index is 69.6. The minimum Gasteiger partial charge on any atom is -0.362 e.